The van der Waals surface area contributed by atoms with Gasteiger partial charge < -0.3 is 0 Å². The molecule has 1 aliphatic rings. The van der Waals surface area contributed by atoms with Gasteiger partial charge in [-0.25, -0.2) is 0 Å². The van der Waals surface area contributed by atoms with Gasteiger partial charge in [0.2, 0.25) is 0 Å². The van der Waals surface area contributed by atoms with E-state index in [0.717, 1.165) is 0 Å². The van der Waals surface area contributed by atoms with E-state index in [0.29, 0.717) is 0 Å². The van der Waals surface area contributed by atoms with Gasteiger partial charge in [-0.1, -0.05) is 12.2 Å². The van der Waals surface area contributed by atoms with Crippen LogP contribution in [0.25, 0.3) is 0 Å². The molecule has 0 unspecified atom stereocenters. The first-order chi connectivity index (χ1) is 4.85. The quantitative estimate of drug-likeness (QED) is 0.550. The molecule has 0 amide bonds. The second-order valence-electron chi connectivity index (χ2n) is 1.56. The maximum atomic E-state index is 8.50. The average Bonchev–Trinajstić information content (AvgIpc) is 2.39. The molecule has 0 bridgehead atoms. The molecule has 4 heteroatoms. The Kier molecular flexibility index (Phi) is 7.36. The number of thioether (sulfide) groups is 1. The zero-order valence-electron chi connectivity index (χ0n) is 5.66. The van der Waals surface area contributed by atoms with E-state index >= 15 is 0 Å². The van der Waals surface area contributed by atoms with Crippen molar-refractivity contribution < 1.29 is 25.7 Å². The van der Waals surface area contributed by atoms with E-state index in [1.54, 1.807) is 0 Å². The van der Waals surface area contributed by atoms with Crippen molar-refractivity contribution in [1.29, 1.82) is 0 Å². The van der Waals surface area contributed by atoms with Crippen molar-refractivity contribution in [2.75, 3.05) is 5.75 Å². The Morgan fingerprint density at radius 2 is 2.30 bits per heavy atom. The summed E-state index contributed by atoms with van der Waals surface area (Å²) in [5, 5.41) is 2.13. The molecule has 0 radical (unpaired) electrons. The molecule has 0 aliphatic carbocycles. The van der Waals surface area contributed by atoms with Crippen molar-refractivity contribution in [3.8, 4) is 0 Å². The Labute approximate surface area is 73.3 Å². The summed E-state index contributed by atoms with van der Waals surface area (Å²) in [7, 11) is 0. The SMILES string of the molecule is CC=C1C=CSC1.[O]=[Ti]=[O]. The molecule has 0 aromatic carbocycles. The van der Waals surface area contributed by atoms with Gasteiger partial charge in [-0.15, -0.1) is 11.8 Å². The van der Waals surface area contributed by atoms with Gasteiger partial charge in [0.05, 0.1) is 0 Å². The number of rotatable bonds is 0. The molecule has 0 N–H and O–H groups in total. The molecule has 1 rings (SSSR count). The van der Waals surface area contributed by atoms with Crippen LogP contribution < -0.4 is 0 Å². The topological polar surface area (TPSA) is 34.1 Å². The fourth-order valence-corrected chi connectivity index (χ4v) is 1.33. The molecule has 1 heterocycles. The molecule has 1 aliphatic heterocycles. The monoisotopic (exact) mass is 192 g/mol. The molecule has 0 saturated carbocycles. The van der Waals surface area contributed by atoms with Crippen molar-refractivity contribution in [1.82, 2.24) is 0 Å². The van der Waals surface area contributed by atoms with E-state index < -0.39 is 19.1 Å². The Bertz CT molecular complexity index is 177. The molecule has 0 atom stereocenters. The van der Waals surface area contributed by atoms with Crippen LogP contribution in [0.1, 0.15) is 6.92 Å². The van der Waals surface area contributed by atoms with Gasteiger partial charge in [0.25, 0.3) is 0 Å². The van der Waals surface area contributed by atoms with Crippen LogP contribution in [0.15, 0.2) is 23.1 Å². The molecular formula is C6H8O2STi. The van der Waals surface area contributed by atoms with Crippen molar-refractivity contribution in [2.24, 2.45) is 0 Å². The zero-order valence-corrected chi connectivity index (χ0v) is 8.04. The third kappa shape index (κ3) is 4.97. The van der Waals surface area contributed by atoms with E-state index in [1.807, 2.05) is 11.8 Å². The van der Waals surface area contributed by atoms with Crippen LogP contribution in [0.5, 0.6) is 0 Å². The first-order valence-corrected chi connectivity index (χ1v) is 5.10. The number of allylic oxidation sites excluding steroid dienone is 2. The Hall–Kier alpha value is 0.144. The first kappa shape index (κ1) is 10.1. The van der Waals surface area contributed by atoms with Gasteiger partial charge in [-0.05, 0) is 17.9 Å². The molecule has 0 aromatic heterocycles. The van der Waals surface area contributed by atoms with Gasteiger partial charge in [0.15, 0.2) is 0 Å². The van der Waals surface area contributed by atoms with Crippen LogP contribution in [-0.2, 0) is 25.7 Å². The molecule has 0 fully saturated rings. The Balaban J connectivity index is 0.000000236. The number of hydrogen-bond acceptors (Lipinski definition) is 3. The minimum atomic E-state index is -2.00. The molecule has 0 aromatic rings. The van der Waals surface area contributed by atoms with E-state index in [-0.39, 0.29) is 0 Å². The van der Waals surface area contributed by atoms with Crippen molar-refractivity contribution in [3.05, 3.63) is 23.1 Å². The second-order valence-corrected chi connectivity index (χ2v) is 2.72. The fraction of sp³-hybridized carbons (Fsp3) is 0.333. The third-order valence-corrected chi connectivity index (χ3v) is 1.83. The Morgan fingerprint density at radius 1 is 1.70 bits per heavy atom. The van der Waals surface area contributed by atoms with E-state index in [4.69, 9.17) is 6.65 Å². The number of hydrogen-bond donors (Lipinski definition) is 0. The van der Waals surface area contributed by atoms with Crippen LogP contribution in [0.2, 0.25) is 0 Å². The average molecular weight is 192 g/mol. The van der Waals surface area contributed by atoms with Crippen LogP contribution in [0.4, 0.5) is 0 Å². The summed E-state index contributed by atoms with van der Waals surface area (Å²) in [5.41, 5.74) is 1.45. The summed E-state index contributed by atoms with van der Waals surface area (Å²) in [6.07, 6.45) is 4.31. The molecule has 0 spiro atoms. The standard InChI is InChI=1S/C6H8S.2O.Ti/c1-2-6-3-4-7-5-6;;;/h2-4H,5H2,1H3;;;. The normalized spacial score (nSPS) is 17.9. The van der Waals surface area contributed by atoms with Crippen LogP contribution >= 0.6 is 11.8 Å². The van der Waals surface area contributed by atoms with Gasteiger partial charge in [-0.3, -0.25) is 0 Å². The molecule has 54 valence electrons. The summed E-state index contributed by atoms with van der Waals surface area (Å²) in [4.78, 5) is 0. The summed E-state index contributed by atoms with van der Waals surface area (Å²) in [6, 6.07) is 0. The summed E-state index contributed by atoms with van der Waals surface area (Å²) in [6.45, 7) is 2.07. The summed E-state index contributed by atoms with van der Waals surface area (Å²) >= 11 is -0.142. The summed E-state index contributed by atoms with van der Waals surface area (Å²) in [5.74, 6) is 1.18. The third-order valence-electron chi connectivity index (χ3n) is 0.999. The van der Waals surface area contributed by atoms with E-state index in [9.17, 15) is 0 Å². The predicted molar refractivity (Wildman–Crippen MR) is 36.7 cm³/mol. The maximum absolute atomic E-state index is 8.50. The minimum absolute atomic E-state index is 1.18. The van der Waals surface area contributed by atoms with Crippen LogP contribution in [0, 0.1) is 0 Å². The van der Waals surface area contributed by atoms with E-state index in [2.05, 4.69) is 24.5 Å². The van der Waals surface area contributed by atoms with Crippen molar-refractivity contribution in [3.63, 3.8) is 0 Å². The second kappa shape index (κ2) is 7.25. The van der Waals surface area contributed by atoms with E-state index in [1.165, 1.54) is 11.3 Å². The summed E-state index contributed by atoms with van der Waals surface area (Å²) < 4.78 is 17.0. The van der Waals surface area contributed by atoms with Gasteiger partial charge in [0, 0.05) is 5.75 Å². The van der Waals surface area contributed by atoms with Crippen molar-refractivity contribution in [2.45, 2.75) is 6.92 Å². The molecular weight excluding hydrogens is 184 g/mol. The molecule has 10 heavy (non-hydrogen) atoms. The zero-order chi connectivity index (χ0) is 7.82. The van der Waals surface area contributed by atoms with Gasteiger partial charge in [-0.2, -0.15) is 0 Å². The predicted octanol–water partition coefficient (Wildman–Crippen LogP) is 1.95. The Morgan fingerprint density at radius 3 is 2.50 bits per heavy atom. The fourth-order valence-electron chi connectivity index (χ4n) is 0.508. The van der Waals surface area contributed by atoms with Gasteiger partial charge in [0.1, 0.15) is 0 Å². The first-order valence-electron chi connectivity index (χ1n) is 2.77. The van der Waals surface area contributed by atoms with Gasteiger partial charge >= 0.3 is 25.7 Å². The molecule has 2 nitrogen and oxygen atoms in total. The van der Waals surface area contributed by atoms with Crippen molar-refractivity contribution >= 4 is 11.8 Å². The van der Waals surface area contributed by atoms with Crippen LogP contribution in [-0.4, -0.2) is 5.75 Å². The molecule has 0 saturated heterocycles. The van der Waals surface area contributed by atoms with Crippen LogP contribution in [0.3, 0.4) is 0 Å².